The Balaban J connectivity index is 2.27. The summed E-state index contributed by atoms with van der Waals surface area (Å²) in [5, 5.41) is 0. The van der Waals surface area contributed by atoms with Crippen LogP contribution in [0, 0.1) is 5.82 Å². The zero-order valence-corrected chi connectivity index (χ0v) is 9.99. The lowest BCUT2D eigenvalue weighted by Gasteiger charge is -2.00. The maximum atomic E-state index is 12.8. The average Bonchev–Trinajstić information content (AvgIpc) is 2.57. The van der Waals surface area contributed by atoms with Gasteiger partial charge in [0.2, 0.25) is 0 Å². The Morgan fingerprint density at radius 2 is 2.00 bits per heavy atom. The van der Waals surface area contributed by atoms with E-state index in [1.807, 2.05) is 6.08 Å². The van der Waals surface area contributed by atoms with Crippen LogP contribution in [0.3, 0.4) is 0 Å². The normalized spacial score (nSPS) is 18.0. The number of benzene rings is 1. The minimum absolute atomic E-state index is 0.227. The fourth-order valence-corrected chi connectivity index (χ4v) is 1.82. The van der Waals surface area contributed by atoms with Crippen LogP contribution in [0.5, 0.6) is 0 Å². The van der Waals surface area contributed by atoms with E-state index >= 15 is 0 Å². The van der Waals surface area contributed by atoms with Crippen molar-refractivity contribution in [3.8, 4) is 0 Å². The van der Waals surface area contributed by atoms with Gasteiger partial charge in [0, 0.05) is 0 Å². The first-order valence-electron chi connectivity index (χ1n) is 5.98. The van der Waals surface area contributed by atoms with E-state index in [4.69, 9.17) is 0 Å². The van der Waals surface area contributed by atoms with Crippen LogP contribution < -0.4 is 0 Å². The molecule has 88 valence electrons. The third-order valence-electron chi connectivity index (χ3n) is 2.81. The number of allylic oxidation sites excluding steroid dienone is 4. The van der Waals surface area contributed by atoms with Crippen molar-refractivity contribution < 1.29 is 4.39 Å². The summed E-state index contributed by atoms with van der Waals surface area (Å²) in [6.45, 7) is 2.16. The van der Waals surface area contributed by atoms with Crippen molar-refractivity contribution in [1.29, 1.82) is 0 Å². The Morgan fingerprint density at radius 3 is 2.71 bits per heavy atom. The van der Waals surface area contributed by atoms with Crippen LogP contribution in [0.15, 0.2) is 53.1 Å². The minimum Gasteiger partial charge on any atom is -0.249 e. The predicted molar refractivity (Wildman–Crippen MR) is 70.2 cm³/mol. The van der Waals surface area contributed by atoms with Crippen molar-refractivity contribution >= 4 is 11.4 Å². The van der Waals surface area contributed by atoms with E-state index in [1.165, 1.54) is 17.7 Å². The molecule has 17 heavy (non-hydrogen) atoms. The van der Waals surface area contributed by atoms with Crippen molar-refractivity contribution in [3.05, 3.63) is 53.9 Å². The van der Waals surface area contributed by atoms with Gasteiger partial charge in [-0.05, 0) is 55.7 Å². The first-order valence-corrected chi connectivity index (χ1v) is 5.98. The molecular weight excluding hydrogens is 213 g/mol. The van der Waals surface area contributed by atoms with E-state index in [2.05, 4.69) is 24.1 Å². The third kappa shape index (κ3) is 3.38. The lowest BCUT2D eigenvalue weighted by molar-refractivity contribution is 0.628. The molecule has 0 aromatic heterocycles. The van der Waals surface area contributed by atoms with Gasteiger partial charge in [0.1, 0.15) is 5.82 Å². The summed E-state index contributed by atoms with van der Waals surface area (Å²) in [6.07, 6.45) is 9.54. The SMILES string of the molecule is CCC1=CC(=Nc2ccc(F)cc2)C=CCC1. The molecule has 0 saturated carbocycles. The van der Waals surface area contributed by atoms with Crippen LogP contribution in [0.1, 0.15) is 26.2 Å². The molecular formula is C15H16FN. The average molecular weight is 229 g/mol. The number of nitrogens with zero attached hydrogens (tertiary/aromatic N) is 1. The van der Waals surface area contributed by atoms with Crippen LogP contribution in [-0.2, 0) is 0 Å². The van der Waals surface area contributed by atoms with Gasteiger partial charge in [-0.1, -0.05) is 18.6 Å². The molecule has 0 saturated heterocycles. The summed E-state index contributed by atoms with van der Waals surface area (Å²) in [5.74, 6) is -0.227. The van der Waals surface area contributed by atoms with Crippen molar-refractivity contribution in [3.63, 3.8) is 0 Å². The smallest absolute Gasteiger partial charge is 0.123 e. The summed E-state index contributed by atoms with van der Waals surface area (Å²) in [7, 11) is 0. The minimum atomic E-state index is -0.227. The number of hydrogen-bond acceptors (Lipinski definition) is 1. The highest BCUT2D eigenvalue weighted by Gasteiger charge is 2.01. The monoisotopic (exact) mass is 229 g/mol. The zero-order chi connectivity index (χ0) is 12.1. The summed E-state index contributed by atoms with van der Waals surface area (Å²) in [5.41, 5.74) is 3.15. The summed E-state index contributed by atoms with van der Waals surface area (Å²) >= 11 is 0. The molecule has 1 aliphatic rings. The molecule has 0 amide bonds. The van der Waals surface area contributed by atoms with E-state index < -0.39 is 0 Å². The number of hydrogen-bond donors (Lipinski definition) is 0. The second-order valence-corrected chi connectivity index (χ2v) is 4.11. The number of rotatable bonds is 2. The van der Waals surface area contributed by atoms with Gasteiger partial charge < -0.3 is 0 Å². The Bertz CT molecular complexity index is 466. The molecule has 0 heterocycles. The quantitative estimate of drug-likeness (QED) is 0.703. The molecule has 0 aliphatic heterocycles. The molecule has 2 heteroatoms. The molecule has 0 atom stereocenters. The second-order valence-electron chi connectivity index (χ2n) is 4.11. The van der Waals surface area contributed by atoms with Crippen LogP contribution in [0.25, 0.3) is 0 Å². The fourth-order valence-electron chi connectivity index (χ4n) is 1.82. The van der Waals surface area contributed by atoms with Gasteiger partial charge in [0.25, 0.3) is 0 Å². The highest BCUT2D eigenvalue weighted by atomic mass is 19.1. The van der Waals surface area contributed by atoms with Gasteiger partial charge >= 0.3 is 0 Å². The maximum absolute atomic E-state index is 12.8. The van der Waals surface area contributed by atoms with Gasteiger partial charge in [-0.2, -0.15) is 0 Å². The third-order valence-corrected chi connectivity index (χ3v) is 2.81. The van der Waals surface area contributed by atoms with Crippen LogP contribution in [0.4, 0.5) is 10.1 Å². The van der Waals surface area contributed by atoms with Gasteiger partial charge in [0.05, 0.1) is 11.4 Å². The lowest BCUT2D eigenvalue weighted by atomic mass is 10.1. The van der Waals surface area contributed by atoms with Crippen LogP contribution >= 0.6 is 0 Å². The second kappa shape index (κ2) is 5.58. The molecule has 0 N–H and O–H groups in total. The van der Waals surface area contributed by atoms with Crippen molar-refractivity contribution in [2.75, 3.05) is 0 Å². The molecule has 0 fully saturated rings. The summed E-state index contributed by atoms with van der Waals surface area (Å²) < 4.78 is 12.8. The molecule has 0 bridgehead atoms. The van der Waals surface area contributed by atoms with Crippen LogP contribution in [0.2, 0.25) is 0 Å². The van der Waals surface area contributed by atoms with Crippen molar-refractivity contribution in [1.82, 2.24) is 0 Å². The number of halogens is 1. The summed E-state index contributed by atoms with van der Waals surface area (Å²) in [4.78, 5) is 4.50. The molecule has 0 radical (unpaired) electrons. The number of aliphatic imine (C=N–C) groups is 1. The van der Waals surface area contributed by atoms with E-state index in [0.29, 0.717) is 0 Å². The van der Waals surface area contributed by atoms with Crippen molar-refractivity contribution in [2.24, 2.45) is 4.99 Å². The highest BCUT2D eigenvalue weighted by molar-refractivity contribution is 6.06. The van der Waals surface area contributed by atoms with E-state index in [0.717, 1.165) is 30.7 Å². The maximum Gasteiger partial charge on any atom is 0.123 e. The van der Waals surface area contributed by atoms with Gasteiger partial charge in [-0.25, -0.2) is 9.38 Å². The zero-order valence-electron chi connectivity index (χ0n) is 9.99. The molecule has 0 spiro atoms. The summed E-state index contributed by atoms with van der Waals surface area (Å²) in [6, 6.07) is 6.26. The fraction of sp³-hybridized carbons (Fsp3) is 0.267. The molecule has 2 rings (SSSR count). The molecule has 1 aromatic carbocycles. The Kier molecular flexibility index (Phi) is 3.86. The van der Waals surface area contributed by atoms with Crippen LogP contribution in [-0.4, -0.2) is 5.71 Å². The molecule has 1 aromatic rings. The molecule has 1 aliphatic carbocycles. The first kappa shape index (κ1) is 11.8. The Labute approximate surface area is 101 Å². The standard InChI is InChI=1S/C15H16FN/c1-2-12-5-3-4-6-15(11-12)17-14-9-7-13(16)8-10-14/h4,6-11H,2-3,5H2,1H3. The van der Waals surface area contributed by atoms with Gasteiger partial charge in [0.15, 0.2) is 0 Å². The topological polar surface area (TPSA) is 12.4 Å². The van der Waals surface area contributed by atoms with E-state index in [1.54, 1.807) is 12.1 Å². The predicted octanol–water partition coefficient (Wildman–Crippen LogP) is 4.58. The highest BCUT2D eigenvalue weighted by Crippen LogP contribution is 2.17. The lowest BCUT2D eigenvalue weighted by Crippen LogP contribution is -1.88. The Hall–Kier alpha value is -1.70. The van der Waals surface area contributed by atoms with E-state index in [-0.39, 0.29) is 5.82 Å². The van der Waals surface area contributed by atoms with Gasteiger partial charge in [-0.3, -0.25) is 0 Å². The Morgan fingerprint density at radius 1 is 1.24 bits per heavy atom. The van der Waals surface area contributed by atoms with Gasteiger partial charge in [-0.15, -0.1) is 0 Å². The molecule has 1 nitrogen and oxygen atoms in total. The van der Waals surface area contributed by atoms with E-state index in [9.17, 15) is 4.39 Å². The van der Waals surface area contributed by atoms with Crippen molar-refractivity contribution in [2.45, 2.75) is 26.2 Å². The largest absolute Gasteiger partial charge is 0.249 e. The first-order chi connectivity index (χ1) is 8.28. The molecule has 0 unspecified atom stereocenters.